The lowest BCUT2D eigenvalue weighted by molar-refractivity contribution is 0.102. The topological polar surface area (TPSA) is 88.0 Å². The summed E-state index contributed by atoms with van der Waals surface area (Å²) >= 11 is 0. The van der Waals surface area contributed by atoms with Gasteiger partial charge in [0.05, 0.1) is 12.4 Å². The largest absolute Gasteiger partial charge is 0.508 e. The number of hydrogen-bond donors (Lipinski definition) is 2. The van der Waals surface area contributed by atoms with E-state index in [1.165, 1.54) is 24.5 Å². The normalized spacial score (nSPS) is 9.94. The molecule has 0 atom stereocenters. The molecule has 0 saturated heterocycles. The second-order valence-electron chi connectivity index (χ2n) is 3.42. The molecule has 0 aliphatic rings. The molecule has 0 fully saturated rings. The van der Waals surface area contributed by atoms with Crippen molar-refractivity contribution in [3.8, 4) is 5.75 Å². The average Bonchev–Trinajstić information content (AvgIpc) is 2.34. The van der Waals surface area contributed by atoms with Gasteiger partial charge in [0.25, 0.3) is 5.91 Å². The van der Waals surface area contributed by atoms with Crippen LogP contribution in [0.1, 0.15) is 15.9 Å². The van der Waals surface area contributed by atoms with Gasteiger partial charge in [-0.05, 0) is 30.7 Å². The summed E-state index contributed by atoms with van der Waals surface area (Å²) in [4.78, 5) is 15.6. The van der Waals surface area contributed by atoms with Crippen LogP contribution in [0.5, 0.6) is 5.75 Å². The zero-order chi connectivity index (χ0) is 12.3. The van der Waals surface area contributed by atoms with Crippen LogP contribution in [-0.2, 0) is 0 Å². The summed E-state index contributed by atoms with van der Waals surface area (Å²) in [6, 6.07) is 4.57. The molecule has 0 bridgehead atoms. The Morgan fingerprint density at radius 3 is 2.82 bits per heavy atom. The number of anilines is 1. The number of nitrogens with one attached hydrogen (secondary N) is 1. The van der Waals surface area contributed by atoms with Crippen LogP contribution >= 0.6 is 0 Å². The molecule has 17 heavy (non-hydrogen) atoms. The van der Waals surface area contributed by atoms with Crippen LogP contribution < -0.4 is 5.32 Å². The summed E-state index contributed by atoms with van der Waals surface area (Å²) in [5.41, 5.74) is 1.05. The molecule has 6 heteroatoms. The Bertz CT molecular complexity index is 542. The van der Waals surface area contributed by atoms with Crippen molar-refractivity contribution < 1.29 is 9.90 Å². The average molecular weight is 230 g/mol. The SMILES string of the molecule is Cc1cc(C(=O)Nc2nccnn2)ccc1O. The summed E-state index contributed by atoms with van der Waals surface area (Å²) in [6.07, 6.45) is 2.85. The van der Waals surface area contributed by atoms with Gasteiger partial charge in [-0.25, -0.2) is 4.98 Å². The quantitative estimate of drug-likeness (QED) is 0.807. The molecule has 2 N–H and O–H groups in total. The molecular formula is C11H10N4O2. The van der Waals surface area contributed by atoms with Crippen LogP contribution in [0.3, 0.4) is 0 Å². The highest BCUT2D eigenvalue weighted by atomic mass is 16.3. The minimum Gasteiger partial charge on any atom is -0.508 e. The van der Waals surface area contributed by atoms with Crippen molar-refractivity contribution in [1.29, 1.82) is 0 Å². The minimum absolute atomic E-state index is 0.142. The number of rotatable bonds is 2. The predicted molar refractivity (Wildman–Crippen MR) is 60.6 cm³/mol. The summed E-state index contributed by atoms with van der Waals surface area (Å²) in [6.45, 7) is 1.71. The molecule has 1 heterocycles. The Kier molecular flexibility index (Phi) is 2.95. The summed E-state index contributed by atoms with van der Waals surface area (Å²) in [7, 11) is 0. The fourth-order valence-corrected chi connectivity index (χ4v) is 1.28. The van der Waals surface area contributed by atoms with E-state index in [4.69, 9.17) is 0 Å². The van der Waals surface area contributed by atoms with Gasteiger partial charge in [-0.3, -0.25) is 10.1 Å². The lowest BCUT2D eigenvalue weighted by Crippen LogP contribution is -2.14. The fourth-order valence-electron chi connectivity index (χ4n) is 1.28. The van der Waals surface area contributed by atoms with Gasteiger partial charge in [-0.15, -0.1) is 5.10 Å². The van der Waals surface area contributed by atoms with E-state index in [2.05, 4.69) is 20.5 Å². The highest BCUT2D eigenvalue weighted by molar-refractivity contribution is 6.03. The zero-order valence-electron chi connectivity index (χ0n) is 9.08. The van der Waals surface area contributed by atoms with Crippen molar-refractivity contribution in [3.05, 3.63) is 41.7 Å². The maximum absolute atomic E-state index is 11.8. The number of aromatic hydroxyl groups is 1. The number of amides is 1. The molecule has 0 radical (unpaired) electrons. The van der Waals surface area contributed by atoms with Crippen LogP contribution in [0, 0.1) is 6.92 Å². The molecule has 0 aliphatic carbocycles. The first kappa shape index (κ1) is 11.0. The lowest BCUT2D eigenvalue weighted by Gasteiger charge is -2.04. The van der Waals surface area contributed by atoms with Crippen LogP contribution in [0.15, 0.2) is 30.6 Å². The first-order chi connectivity index (χ1) is 8.16. The van der Waals surface area contributed by atoms with E-state index in [1.807, 2.05) is 0 Å². The molecule has 1 aromatic carbocycles. The number of aryl methyl sites for hydroxylation is 1. The highest BCUT2D eigenvalue weighted by Gasteiger charge is 2.08. The molecule has 2 aromatic rings. The van der Waals surface area contributed by atoms with Gasteiger partial charge in [0.1, 0.15) is 5.75 Å². The Morgan fingerprint density at radius 1 is 1.35 bits per heavy atom. The fraction of sp³-hybridized carbons (Fsp3) is 0.0909. The number of phenolic OH excluding ortho intramolecular Hbond substituents is 1. The monoisotopic (exact) mass is 230 g/mol. The number of carbonyl (C=O) groups is 1. The summed E-state index contributed by atoms with van der Waals surface area (Å²) < 4.78 is 0. The molecular weight excluding hydrogens is 220 g/mol. The van der Waals surface area contributed by atoms with Gasteiger partial charge in [0.2, 0.25) is 5.95 Å². The third-order valence-corrected chi connectivity index (χ3v) is 2.17. The van der Waals surface area contributed by atoms with Crippen molar-refractivity contribution in [3.63, 3.8) is 0 Å². The molecule has 0 saturated carbocycles. The zero-order valence-corrected chi connectivity index (χ0v) is 9.08. The minimum atomic E-state index is -0.346. The van der Waals surface area contributed by atoms with Gasteiger partial charge < -0.3 is 5.11 Å². The molecule has 0 aliphatic heterocycles. The van der Waals surface area contributed by atoms with E-state index in [0.717, 1.165) is 0 Å². The Morgan fingerprint density at radius 2 is 2.18 bits per heavy atom. The van der Waals surface area contributed by atoms with E-state index in [-0.39, 0.29) is 17.6 Å². The lowest BCUT2D eigenvalue weighted by atomic mass is 10.1. The molecule has 86 valence electrons. The van der Waals surface area contributed by atoms with Crippen molar-refractivity contribution >= 4 is 11.9 Å². The van der Waals surface area contributed by atoms with Crippen molar-refractivity contribution in [2.24, 2.45) is 0 Å². The highest BCUT2D eigenvalue weighted by Crippen LogP contribution is 2.17. The van der Waals surface area contributed by atoms with Gasteiger partial charge in [0.15, 0.2) is 0 Å². The third-order valence-electron chi connectivity index (χ3n) is 2.17. The van der Waals surface area contributed by atoms with Crippen LogP contribution in [0.25, 0.3) is 0 Å². The number of phenols is 1. The number of benzene rings is 1. The van der Waals surface area contributed by atoms with Crippen LogP contribution in [0.4, 0.5) is 5.95 Å². The molecule has 1 amide bonds. The van der Waals surface area contributed by atoms with Crippen LogP contribution in [-0.4, -0.2) is 26.2 Å². The number of hydrogen-bond acceptors (Lipinski definition) is 5. The van der Waals surface area contributed by atoms with E-state index in [0.29, 0.717) is 11.1 Å². The molecule has 6 nitrogen and oxygen atoms in total. The predicted octanol–water partition coefficient (Wildman–Crippen LogP) is 1.14. The molecule has 0 unspecified atom stereocenters. The van der Waals surface area contributed by atoms with Crippen molar-refractivity contribution in [1.82, 2.24) is 15.2 Å². The third kappa shape index (κ3) is 2.54. The molecule has 1 aromatic heterocycles. The van der Waals surface area contributed by atoms with Gasteiger partial charge >= 0.3 is 0 Å². The molecule has 0 spiro atoms. The second-order valence-corrected chi connectivity index (χ2v) is 3.42. The van der Waals surface area contributed by atoms with Gasteiger partial charge in [0, 0.05) is 5.56 Å². The maximum atomic E-state index is 11.8. The first-order valence-electron chi connectivity index (χ1n) is 4.91. The smallest absolute Gasteiger partial charge is 0.258 e. The Balaban J connectivity index is 2.18. The van der Waals surface area contributed by atoms with Crippen LogP contribution in [0.2, 0.25) is 0 Å². The van der Waals surface area contributed by atoms with Gasteiger partial charge in [-0.2, -0.15) is 5.10 Å². The maximum Gasteiger partial charge on any atom is 0.258 e. The van der Waals surface area contributed by atoms with Crippen molar-refractivity contribution in [2.45, 2.75) is 6.92 Å². The summed E-state index contributed by atoms with van der Waals surface area (Å²) in [5.74, 6) is -0.0523. The summed E-state index contributed by atoms with van der Waals surface area (Å²) in [5, 5.41) is 19.1. The number of aromatic nitrogens is 3. The second kappa shape index (κ2) is 4.56. The molecule has 2 rings (SSSR count). The van der Waals surface area contributed by atoms with Crippen molar-refractivity contribution in [2.75, 3.05) is 5.32 Å². The Labute approximate surface area is 97.4 Å². The standard InChI is InChI=1S/C11H10N4O2/c1-7-6-8(2-3-9(7)16)10(17)14-11-12-4-5-13-15-11/h2-6,16H,1H3,(H,12,14,15,17). The van der Waals surface area contributed by atoms with E-state index in [1.54, 1.807) is 13.0 Å². The van der Waals surface area contributed by atoms with Gasteiger partial charge in [-0.1, -0.05) is 0 Å². The number of carbonyl (C=O) groups excluding carboxylic acids is 1. The first-order valence-corrected chi connectivity index (χ1v) is 4.91. The van der Waals surface area contributed by atoms with E-state index < -0.39 is 0 Å². The Hall–Kier alpha value is -2.50. The van der Waals surface area contributed by atoms with E-state index >= 15 is 0 Å². The number of nitrogens with zero attached hydrogens (tertiary/aromatic N) is 3. The van der Waals surface area contributed by atoms with E-state index in [9.17, 15) is 9.90 Å².